The van der Waals surface area contributed by atoms with Gasteiger partial charge < -0.3 is 14.3 Å². The summed E-state index contributed by atoms with van der Waals surface area (Å²) in [5.41, 5.74) is 3.02. The van der Waals surface area contributed by atoms with Crippen molar-refractivity contribution in [2.75, 3.05) is 19.8 Å². The molecule has 0 aliphatic heterocycles. The summed E-state index contributed by atoms with van der Waals surface area (Å²) in [5.74, 6) is 1.58. The first-order valence-electron chi connectivity index (χ1n) is 9.14. The molecule has 0 amide bonds. The van der Waals surface area contributed by atoms with Gasteiger partial charge in [0.2, 0.25) is 0 Å². The zero-order valence-corrected chi connectivity index (χ0v) is 20.3. The minimum absolute atomic E-state index is 0.428. The lowest BCUT2D eigenvalue weighted by atomic mass is 10.0. The molecule has 0 radical (unpaired) electrons. The number of unbranched alkanes of at least 4 members (excludes halogenated alkanes) is 1. The SMILES string of the molecule is CCc1cc(OCC=C(Br)Br)c(Cl)c(CC)c1OCCCCON=C(C)C. The van der Waals surface area contributed by atoms with Crippen molar-refractivity contribution in [1.82, 2.24) is 0 Å². The smallest absolute Gasteiger partial charge is 0.139 e. The summed E-state index contributed by atoms with van der Waals surface area (Å²) in [4.78, 5) is 5.21. The van der Waals surface area contributed by atoms with Crippen molar-refractivity contribution in [3.05, 3.63) is 31.7 Å². The van der Waals surface area contributed by atoms with Gasteiger partial charge in [-0.1, -0.05) is 30.6 Å². The van der Waals surface area contributed by atoms with Crippen molar-refractivity contribution in [2.24, 2.45) is 5.16 Å². The van der Waals surface area contributed by atoms with Crippen molar-refractivity contribution in [3.63, 3.8) is 0 Å². The van der Waals surface area contributed by atoms with Gasteiger partial charge in [0, 0.05) is 5.56 Å². The maximum atomic E-state index is 6.59. The van der Waals surface area contributed by atoms with Gasteiger partial charge in [0.05, 0.1) is 20.7 Å². The average Bonchev–Trinajstić information content (AvgIpc) is 2.62. The van der Waals surface area contributed by atoms with E-state index in [-0.39, 0.29) is 0 Å². The molecule has 0 fully saturated rings. The Balaban J connectivity index is 2.76. The molecule has 0 atom stereocenters. The van der Waals surface area contributed by atoms with Gasteiger partial charge in [-0.05, 0) is 89.1 Å². The summed E-state index contributed by atoms with van der Waals surface area (Å²) >= 11 is 13.2. The highest BCUT2D eigenvalue weighted by molar-refractivity contribution is 9.28. The zero-order valence-electron chi connectivity index (χ0n) is 16.4. The molecule has 0 aromatic heterocycles. The molecule has 0 aliphatic rings. The maximum Gasteiger partial charge on any atom is 0.139 e. The lowest BCUT2D eigenvalue weighted by molar-refractivity contribution is 0.135. The normalized spacial score (nSPS) is 10.3. The van der Waals surface area contributed by atoms with Crippen LogP contribution in [0, 0.1) is 0 Å². The second kappa shape index (κ2) is 13.5. The quantitative estimate of drug-likeness (QED) is 0.167. The third-order valence-electron chi connectivity index (χ3n) is 3.69. The van der Waals surface area contributed by atoms with Crippen molar-refractivity contribution in [1.29, 1.82) is 0 Å². The zero-order chi connectivity index (χ0) is 20.2. The Labute approximate surface area is 184 Å². The number of rotatable bonds is 12. The number of halogens is 3. The fraction of sp³-hybridized carbons (Fsp3) is 0.550. The number of nitrogens with zero attached hydrogens (tertiary/aromatic N) is 1. The molecule has 152 valence electrons. The Bertz CT molecular complexity index is 655. The second-order valence-electron chi connectivity index (χ2n) is 6.09. The van der Waals surface area contributed by atoms with Crippen LogP contribution in [0.1, 0.15) is 51.7 Å². The number of oxime groups is 1. The van der Waals surface area contributed by atoms with Gasteiger partial charge in [-0.15, -0.1) is 0 Å². The first-order valence-corrected chi connectivity index (χ1v) is 11.1. The van der Waals surface area contributed by atoms with Crippen LogP contribution in [-0.4, -0.2) is 25.5 Å². The van der Waals surface area contributed by atoms with Crippen LogP contribution in [-0.2, 0) is 17.7 Å². The van der Waals surface area contributed by atoms with Crippen LogP contribution in [0.3, 0.4) is 0 Å². The van der Waals surface area contributed by atoms with Crippen LogP contribution in [0.2, 0.25) is 5.02 Å². The van der Waals surface area contributed by atoms with E-state index in [1.54, 1.807) is 0 Å². The molecule has 7 heteroatoms. The van der Waals surface area contributed by atoms with E-state index in [1.165, 1.54) is 0 Å². The number of hydrogen-bond acceptors (Lipinski definition) is 4. The topological polar surface area (TPSA) is 40.0 Å². The molecular formula is C20H28Br2ClNO3. The number of ether oxygens (including phenoxy) is 2. The van der Waals surface area contributed by atoms with E-state index in [1.807, 2.05) is 26.0 Å². The largest absolute Gasteiger partial charge is 0.493 e. The van der Waals surface area contributed by atoms with Gasteiger partial charge in [0.1, 0.15) is 24.7 Å². The third-order valence-corrected chi connectivity index (χ3v) is 4.75. The average molecular weight is 526 g/mol. The van der Waals surface area contributed by atoms with Gasteiger partial charge in [-0.2, -0.15) is 0 Å². The van der Waals surface area contributed by atoms with Crippen LogP contribution < -0.4 is 9.47 Å². The number of hydrogen-bond donors (Lipinski definition) is 0. The highest BCUT2D eigenvalue weighted by atomic mass is 79.9. The Morgan fingerprint density at radius 1 is 1.11 bits per heavy atom. The summed E-state index contributed by atoms with van der Waals surface area (Å²) in [6, 6.07) is 1.98. The molecule has 0 saturated carbocycles. The Morgan fingerprint density at radius 3 is 2.41 bits per heavy atom. The molecule has 4 nitrogen and oxygen atoms in total. The highest BCUT2D eigenvalue weighted by Crippen LogP contribution is 2.39. The summed E-state index contributed by atoms with van der Waals surface area (Å²) < 4.78 is 12.8. The highest BCUT2D eigenvalue weighted by Gasteiger charge is 2.17. The van der Waals surface area contributed by atoms with Gasteiger partial charge in [-0.25, -0.2) is 0 Å². The summed E-state index contributed by atoms with van der Waals surface area (Å²) in [7, 11) is 0. The molecule has 1 aromatic rings. The molecule has 1 rings (SSSR count). The van der Waals surface area contributed by atoms with E-state index in [0.29, 0.717) is 30.6 Å². The molecule has 0 saturated heterocycles. The van der Waals surface area contributed by atoms with Crippen molar-refractivity contribution < 1.29 is 14.3 Å². The molecule has 0 spiro atoms. The molecule has 0 aliphatic carbocycles. The Hall–Kier alpha value is -0.720. The monoisotopic (exact) mass is 523 g/mol. The Morgan fingerprint density at radius 2 is 1.81 bits per heavy atom. The van der Waals surface area contributed by atoms with E-state index in [2.05, 4.69) is 50.9 Å². The van der Waals surface area contributed by atoms with Crippen LogP contribution in [0.4, 0.5) is 0 Å². The molecule has 1 aromatic carbocycles. The lowest BCUT2D eigenvalue weighted by Crippen LogP contribution is -2.06. The Kier molecular flexibility index (Phi) is 12.1. The third kappa shape index (κ3) is 8.88. The van der Waals surface area contributed by atoms with Crippen molar-refractivity contribution in [3.8, 4) is 11.5 Å². The van der Waals surface area contributed by atoms with Crippen LogP contribution >= 0.6 is 43.5 Å². The van der Waals surface area contributed by atoms with E-state index in [4.69, 9.17) is 25.9 Å². The maximum absolute atomic E-state index is 6.59. The minimum Gasteiger partial charge on any atom is -0.493 e. The van der Waals surface area contributed by atoms with E-state index in [9.17, 15) is 0 Å². The minimum atomic E-state index is 0.428. The predicted octanol–water partition coefficient (Wildman–Crippen LogP) is 7.05. The molecule has 0 bridgehead atoms. The van der Waals surface area contributed by atoms with Crippen LogP contribution in [0.15, 0.2) is 20.7 Å². The van der Waals surface area contributed by atoms with Gasteiger partial charge in [0.25, 0.3) is 0 Å². The fourth-order valence-corrected chi connectivity index (χ4v) is 3.00. The molecular weight excluding hydrogens is 497 g/mol. The van der Waals surface area contributed by atoms with Crippen molar-refractivity contribution in [2.45, 2.75) is 53.4 Å². The predicted molar refractivity (Wildman–Crippen MR) is 121 cm³/mol. The van der Waals surface area contributed by atoms with Crippen LogP contribution in [0.5, 0.6) is 11.5 Å². The number of benzene rings is 1. The number of aryl methyl sites for hydroxylation is 1. The lowest BCUT2D eigenvalue weighted by Gasteiger charge is -2.19. The first kappa shape index (κ1) is 24.3. The van der Waals surface area contributed by atoms with Crippen molar-refractivity contribution >= 4 is 49.2 Å². The van der Waals surface area contributed by atoms with E-state index in [0.717, 1.165) is 51.7 Å². The molecule has 27 heavy (non-hydrogen) atoms. The fourth-order valence-electron chi connectivity index (χ4n) is 2.40. The van der Waals surface area contributed by atoms with Gasteiger partial charge >= 0.3 is 0 Å². The van der Waals surface area contributed by atoms with E-state index >= 15 is 0 Å². The summed E-state index contributed by atoms with van der Waals surface area (Å²) in [5, 5.41) is 4.55. The standard InChI is InChI=1S/C20H28Br2ClNO3/c1-5-15-13-17(25-12-9-18(21)22)19(23)16(6-2)20(15)26-10-7-8-11-27-24-14(3)4/h9,13H,5-8,10-12H2,1-4H3. The van der Waals surface area contributed by atoms with Gasteiger partial charge in [-0.3, -0.25) is 0 Å². The second-order valence-corrected chi connectivity index (χ2v) is 9.25. The summed E-state index contributed by atoms with van der Waals surface area (Å²) in [6.07, 6.45) is 5.29. The molecule has 0 heterocycles. The molecule has 0 unspecified atom stereocenters. The molecule has 0 N–H and O–H groups in total. The van der Waals surface area contributed by atoms with Crippen LogP contribution in [0.25, 0.3) is 0 Å². The first-order chi connectivity index (χ1) is 12.9. The van der Waals surface area contributed by atoms with Gasteiger partial charge in [0.15, 0.2) is 0 Å². The van der Waals surface area contributed by atoms with E-state index < -0.39 is 0 Å². The summed E-state index contributed by atoms with van der Waals surface area (Å²) in [6.45, 7) is 9.64.